The Kier molecular flexibility index (Phi) is 3.83. The Morgan fingerprint density at radius 3 is 2.39 bits per heavy atom. The quantitative estimate of drug-likeness (QED) is 0.900. The topological polar surface area (TPSA) is 62.7 Å². The molecular weight excluding hydrogens is 307 g/mol. The molecule has 0 bridgehead atoms. The molecule has 1 saturated carbocycles. The van der Waals surface area contributed by atoms with Crippen molar-refractivity contribution in [1.29, 1.82) is 0 Å². The number of aromatic nitrogens is 3. The first-order chi connectivity index (χ1) is 10.8. The highest BCUT2D eigenvalue weighted by Crippen LogP contribution is 2.38. The summed E-state index contributed by atoms with van der Waals surface area (Å²) in [6.45, 7) is 3.45. The average molecular weight is 323 g/mol. The normalized spacial score (nSPS) is 16.7. The lowest BCUT2D eigenvalue weighted by Gasteiger charge is -2.35. The van der Waals surface area contributed by atoms with Gasteiger partial charge in [0.05, 0.1) is 0 Å². The van der Waals surface area contributed by atoms with Crippen molar-refractivity contribution in [3.05, 3.63) is 35.4 Å². The first kappa shape index (κ1) is 15.5. The summed E-state index contributed by atoms with van der Waals surface area (Å²) < 4.78 is 39.2. The van der Waals surface area contributed by atoms with Crippen LogP contribution in [0.25, 0.3) is 0 Å². The molecule has 0 unspecified atom stereocenters. The molecule has 1 aliphatic rings. The molecule has 122 valence electrons. The van der Waals surface area contributed by atoms with E-state index in [1.165, 1.54) is 12.1 Å². The summed E-state index contributed by atoms with van der Waals surface area (Å²) in [4.78, 5) is 12.4. The number of rotatable bonds is 4. The van der Waals surface area contributed by atoms with Gasteiger partial charge >= 0.3 is 0 Å². The lowest BCUT2D eigenvalue weighted by Crippen LogP contribution is -2.44. The summed E-state index contributed by atoms with van der Waals surface area (Å²) >= 11 is 0. The molecule has 0 saturated heterocycles. The van der Waals surface area contributed by atoms with Gasteiger partial charge in [-0.1, -0.05) is 0 Å². The zero-order valence-corrected chi connectivity index (χ0v) is 12.7. The number of hydrogen-bond acceptors (Lipinski definition) is 5. The Bertz CT molecular complexity index is 707. The Balaban J connectivity index is 1.75. The van der Waals surface area contributed by atoms with E-state index >= 15 is 0 Å². The van der Waals surface area contributed by atoms with Crippen LogP contribution in [0.15, 0.2) is 18.2 Å². The monoisotopic (exact) mass is 323 g/mol. The van der Waals surface area contributed by atoms with E-state index in [0.717, 1.165) is 5.56 Å². The van der Waals surface area contributed by atoms with Gasteiger partial charge in [-0.05, 0) is 37.6 Å². The number of nitrogens with zero attached hydrogens (tertiary/aromatic N) is 3. The highest BCUT2D eigenvalue weighted by atomic mass is 19.3. The zero-order chi connectivity index (χ0) is 16.6. The first-order valence-electron chi connectivity index (χ1n) is 7.20. The molecule has 0 spiro atoms. The number of anilines is 3. The molecule has 1 fully saturated rings. The van der Waals surface area contributed by atoms with Gasteiger partial charge in [-0.3, -0.25) is 0 Å². The number of aryl methyl sites for hydroxylation is 2. The first-order valence-corrected chi connectivity index (χ1v) is 7.20. The van der Waals surface area contributed by atoms with E-state index < -0.39 is 5.92 Å². The minimum absolute atomic E-state index is 0.230. The summed E-state index contributed by atoms with van der Waals surface area (Å²) in [5.74, 6) is -2.08. The maximum absolute atomic E-state index is 13.4. The van der Waals surface area contributed by atoms with E-state index in [2.05, 4.69) is 25.6 Å². The molecule has 1 heterocycles. The standard InChI is InChI=1S/C15H16F3N5/c1-8-3-10(16)5-11(4-8)21-13-19-9(2)20-14(23-13)22-12-6-15(17,18)7-12/h3-5,12H,6-7H2,1-2H3,(H2,19,20,21,22,23). The van der Waals surface area contributed by atoms with Crippen molar-refractivity contribution in [2.75, 3.05) is 10.6 Å². The van der Waals surface area contributed by atoms with Gasteiger partial charge in [-0.15, -0.1) is 0 Å². The summed E-state index contributed by atoms with van der Waals surface area (Å²) in [6, 6.07) is 4.14. The van der Waals surface area contributed by atoms with Gasteiger partial charge in [-0.2, -0.15) is 15.0 Å². The number of hydrogen-bond donors (Lipinski definition) is 2. The van der Waals surface area contributed by atoms with Crippen molar-refractivity contribution in [2.24, 2.45) is 0 Å². The van der Waals surface area contributed by atoms with Crippen molar-refractivity contribution in [2.45, 2.75) is 38.7 Å². The molecule has 2 N–H and O–H groups in total. The molecule has 5 nitrogen and oxygen atoms in total. The summed E-state index contributed by atoms with van der Waals surface area (Å²) in [5.41, 5.74) is 1.27. The minimum atomic E-state index is -2.61. The fourth-order valence-electron chi connectivity index (χ4n) is 2.49. The van der Waals surface area contributed by atoms with Crippen molar-refractivity contribution in [3.63, 3.8) is 0 Å². The molecule has 2 aromatic rings. The maximum atomic E-state index is 13.4. The predicted molar refractivity (Wildman–Crippen MR) is 80.6 cm³/mol. The molecule has 23 heavy (non-hydrogen) atoms. The molecule has 8 heteroatoms. The second-order valence-electron chi connectivity index (χ2n) is 5.78. The molecule has 0 amide bonds. The summed E-state index contributed by atoms with van der Waals surface area (Å²) in [7, 11) is 0. The number of halogens is 3. The van der Waals surface area contributed by atoms with Crippen LogP contribution < -0.4 is 10.6 Å². The van der Waals surface area contributed by atoms with Crippen LogP contribution >= 0.6 is 0 Å². The third kappa shape index (κ3) is 3.88. The zero-order valence-electron chi connectivity index (χ0n) is 12.7. The molecule has 1 aliphatic carbocycles. The summed E-state index contributed by atoms with van der Waals surface area (Å²) in [6.07, 6.45) is -0.465. The lowest BCUT2D eigenvalue weighted by molar-refractivity contribution is -0.0794. The van der Waals surface area contributed by atoms with Crippen molar-refractivity contribution in [3.8, 4) is 0 Å². The third-order valence-electron chi connectivity index (χ3n) is 3.47. The van der Waals surface area contributed by atoms with E-state index in [4.69, 9.17) is 0 Å². The Labute approximate surface area is 131 Å². The van der Waals surface area contributed by atoms with E-state index in [-0.39, 0.29) is 36.6 Å². The molecule has 1 aromatic carbocycles. The minimum Gasteiger partial charge on any atom is -0.351 e. The van der Waals surface area contributed by atoms with Crippen LogP contribution in [0.5, 0.6) is 0 Å². The lowest BCUT2D eigenvalue weighted by atomic mass is 9.88. The predicted octanol–water partition coefficient (Wildman–Crippen LogP) is 3.58. The molecule has 0 radical (unpaired) electrons. The van der Waals surface area contributed by atoms with E-state index in [1.807, 2.05) is 0 Å². The fraction of sp³-hybridized carbons (Fsp3) is 0.400. The third-order valence-corrected chi connectivity index (χ3v) is 3.47. The number of nitrogens with one attached hydrogen (secondary N) is 2. The van der Waals surface area contributed by atoms with E-state index in [9.17, 15) is 13.2 Å². The van der Waals surface area contributed by atoms with Crippen LogP contribution in [0.2, 0.25) is 0 Å². The molecule has 3 rings (SSSR count). The molecular formula is C15H16F3N5. The van der Waals surface area contributed by atoms with Gasteiger partial charge in [0.15, 0.2) is 0 Å². The average Bonchev–Trinajstić information content (AvgIpc) is 2.34. The van der Waals surface area contributed by atoms with Gasteiger partial charge in [0.25, 0.3) is 5.92 Å². The fourth-order valence-corrected chi connectivity index (χ4v) is 2.49. The summed E-state index contributed by atoms with van der Waals surface area (Å²) in [5, 5.41) is 5.77. The Morgan fingerprint density at radius 2 is 1.74 bits per heavy atom. The van der Waals surface area contributed by atoms with Crippen molar-refractivity contribution >= 4 is 17.6 Å². The van der Waals surface area contributed by atoms with Gasteiger partial charge < -0.3 is 10.6 Å². The van der Waals surface area contributed by atoms with E-state index in [1.54, 1.807) is 19.9 Å². The van der Waals surface area contributed by atoms with Crippen LogP contribution in [-0.2, 0) is 0 Å². The van der Waals surface area contributed by atoms with Crippen LogP contribution in [0.4, 0.5) is 30.8 Å². The second-order valence-corrected chi connectivity index (χ2v) is 5.78. The highest BCUT2D eigenvalue weighted by Gasteiger charge is 2.45. The van der Waals surface area contributed by atoms with E-state index in [0.29, 0.717) is 11.5 Å². The van der Waals surface area contributed by atoms with Gasteiger partial charge in [0, 0.05) is 24.6 Å². The molecule has 0 atom stereocenters. The van der Waals surface area contributed by atoms with Crippen LogP contribution in [-0.4, -0.2) is 26.9 Å². The molecule has 0 aliphatic heterocycles. The van der Waals surface area contributed by atoms with Crippen molar-refractivity contribution < 1.29 is 13.2 Å². The molecule has 1 aromatic heterocycles. The van der Waals surface area contributed by atoms with Crippen LogP contribution in [0.3, 0.4) is 0 Å². The number of alkyl halides is 2. The highest BCUT2D eigenvalue weighted by molar-refractivity contribution is 5.55. The smallest absolute Gasteiger partial charge is 0.252 e. The Morgan fingerprint density at radius 1 is 1.04 bits per heavy atom. The maximum Gasteiger partial charge on any atom is 0.252 e. The van der Waals surface area contributed by atoms with Crippen molar-refractivity contribution in [1.82, 2.24) is 15.0 Å². The largest absolute Gasteiger partial charge is 0.351 e. The van der Waals surface area contributed by atoms with Crippen LogP contribution in [0.1, 0.15) is 24.2 Å². The van der Waals surface area contributed by atoms with Gasteiger partial charge in [0.1, 0.15) is 11.6 Å². The van der Waals surface area contributed by atoms with Gasteiger partial charge in [0.2, 0.25) is 11.9 Å². The SMILES string of the molecule is Cc1cc(F)cc(Nc2nc(C)nc(NC3CC(F)(F)C3)n2)c1. The van der Waals surface area contributed by atoms with Crippen LogP contribution in [0, 0.1) is 19.7 Å². The second kappa shape index (κ2) is 5.68. The Hall–Kier alpha value is -2.38. The number of benzene rings is 1. The van der Waals surface area contributed by atoms with Gasteiger partial charge in [-0.25, -0.2) is 13.2 Å².